The highest BCUT2D eigenvalue weighted by Crippen LogP contribution is 2.13. The number of nitrogens with one attached hydrogen (secondary N) is 1. The van der Waals surface area contributed by atoms with Gasteiger partial charge in [0.1, 0.15) is 0 Å². The first-order valence-corrected chi connectivity index (χ1v) is 5.92. The fraction of sp³-hybridized carbons (Fsp3) is 0.286. The monoisotopic (exact) mass is 243 g/mol. The summed E-state index contributed by atoms with van der Waals surface area (Å²) in [7, 11) is 1.79. The summed E-state index contributed by atoms with van der Waals surface area (Å²) >= 11 is 0. The molecule has 0 aliphatic rings. The second-order valence-electron chi connectivity index (χ2n) is 4.51. The number of carbonyl (C=O) groups is 1. The van der Waals surface area contributed by atoms with Gasteiger partial charge < -0.3 is 5.32 Å². The van der Waals surface area contributed by atoms with Crippen LogP contribution in [0.4, 0.5) is 0 Å². The fourth-order valence-electron chi connectivity index (χ4n) is 1.76. The molecule has 0 aliphatic carbocycles. The lowest BCUT2D eigenvalue weighted by molar-refractivity contribution is 0.0940. The van der Waals surface area contributed by atoms with Crippen molar-refractivity contribution in [3.8, 4) is 0 Å². The molecule has 0 aliphatic heterocycles. The van der Waals surface area contributed by atoms with Crippen LogP contribution in [0.5, 0.6) is 0 Å². The van der Waals surface area contributed by atoms with Crippen molar-refractivity contribution in [2.75, 3.05) is 0 Å². The maximum Gasteiger partial charge on any atom is 0.254 e. The first kappa shape index (κ1) is 12.4. The quantitative estimate of drug-likeness (QED) is 0.898. The molecule has 0 bridgehead atoms. The SMILES string of the molecule is Cc1ccc([C@@H](C)NC(=O)c2cnn(C)c2)cc1. The van der Waals surface area contributed by atoms with Crippen molar-refractivity contribution in [2.24, 2.45) is 7.05 Å². The second-order valence-corrected chi connectivity index (χ2v) is 4.51. The third-order valence-electron chi connectivity index (χ3n) is 2.89. The van der Waals surface area contributed by atoms with Crippen LogP contribution in [0.1, 0.15) is 34.5 Å². The van der Waals surface area contributed by atoms with Crippen molar-refractivity contribution in [2.45, 2.75) is 19.9 Å². The molecule has 2 rings (SSSR count). The molecule has 4 nitrogen and oxygen atoms in total. The standard InChI is InChI=1S/C14H17N3O/c1-10-4-6-12(7-5-10)11(2)16-14(18)13-8-15-17(3)9-13/h4-9,11H,1-3H3,(H,16,18)/t11-/m1/s1. The fourth-order valence-corrected chi connectivity index (χ4v) is 1.76. The van der Waals surface area contributed by atoms with Gasteiger partial charge in [0.15, 0.2) is 0 Å². The van der Waals surface area contributed by atoms with E-state index in [1.807, 2.05) is 38.1 Å². The van der Waals surface area contributed by atoms with Crippen LogP contribution in [-0.2, 0) is 7.05 Å². The Kier molecular flexibility index (Phi) is 3.46. The smallest absolute Gasteiger partial charge is 0.254 e. The van der Waals surface area contributed by atoms with E-state index in [-0.39, 0.29) is 11.9 Å². The van der Waals surface area contributed by atoms with E-state index in [1.54, 1.807) is 24.1 Å². The van der Waals surface area contributed by atoms with Gasteiger partial charge in [-0.25, -0.2) is 0 Å². The molecule has 18 heavy (non-hydrogen) atoms. The third kappa shape index (κ3) is 2.77. The first-order chi connectivity index (χ1) is 8.56. The zero-order valence-electron chi connectivity index (χ0n) is 10.8. The molecule has 0 saturated carbocycles. The number of aromatic nitrogens is 2. The van der Waals surface area contributed by atoms with Gasteiger partial charge in [-0.2, -0.15) is 5.10 Å². The first-order valence-electron chi connectivity index (χ1n) is 5.92. The van der Waals surface area contributed by atoms with Crippen LogP contribution in [0.15, 0.2) is 36.7 Å². The maximum atomic E-state index is 11.9. The van der Waals surface area contributed by atoms with E-state index in [9.17, 15) is 4.79 Å². The Bertz CT molecular complexity index is 542. The van der Waals surface area contributed by atoms with Gasteiger partial charge >= 0.3 is 0 Å². The van der Waals surface area contributed by atoms with Crippen LogP contribution < -0.4 is 5.32 Å². The zero-order chi connectivity index (χ0) is 13.1. The van der Waals surface area contributed by atoms with Crippen LogP contribution >= 0.6 is 0 Å². The number of benzene rings is 1. The summed E-state index contributed by atoms with van der Waals surface area (Å²) in [5.41, 5.74) is 2.89. The van der Waals surface area contributed by atoms with E-state index >= 15 is 0 Å². The summed E-state index contributed by atoms with van der Waals surface area (Å²) in [6.07, 6.45) is 3.27. The number of amides is 1. The van der Waals surface area contributed by atoms with Gasteiger partial charge in [0.2, 0.25) is 0 Å². The molecule has 1 atom stereocenters. The van der Waals surface area contributed by atoms with Crippen LogP contribution in [0.2, 0.25) is 0 Å². The number of carbonyl (C=O) groups excluding carboxylic acids is 1. The molecule has 1 heterocycles. The van der Waals surface area contributed by atoms with E-state index in [0.717, 1.165) is 5.56 Å². The number of rotatable bonds is 3. The van der Waals surface area contributed by atoms with Crippen LogP contribution in [-0.4, -0.2) is 15.7 Å². The minimum Gasteiger partial charge on any atom is -0.345 e. The Labute approximate surface area is 107 Å². The van der Waals surface area contributed by atoms with Crippen LogP contribution in [0.3, 0.4) is 0 Å². The molecule has 1 N–H and O–H groups in total. The maximum absolute atomic E-state index is 11.9. The number of nitrogens with zero attached hydrogens (tertiary/aromatic N) is 2. The zero-order valence-corrected chi connectivity index (χ0v) is 10.8. The molecule has 1 aromatic carbocycles. The van der Waals surface area contributed by atoms with Crippen molar-refractivity contribution < 1.29 is 4.79 Å². The average Bonchev–Trinajstić information content (AvgIpc) is 2.76. The largest absolute Gasteiger partial charge is 0.345 e. The van der Waals surface area contributed by atoms with Gasteiger partial charge in [-0.15, -0.1) is 0 Å². The van der Waals surface area contributed by atoms with Crippen molar-refractivity contribution in [3.05, 3.63) is 53.3 Å². The molecule has 0 saturated heterocycles. The lowest BCUT2D eigenvalue weighted by atomic mass is 10.1. The minimum absolute atomic E-state index is 0.0155. The molecular weight excluding hydrogens is 226 g/mol. The van der Waals surface area contributed by atoms with Gasteiger partial charge in [-0.3, -0.25) is 9.48 Å². The van der Waals surface area contributed by atoms with Gasteiger partial charge in [0.05, 0.1) is 17.8 Å². The average molecular weight is 243 g/mol. The van der Waals surface area contributed by atoms with E-state index < -0.39 is 0 Å². The van der Waals surface area contributed by atoms with Crippen molar-refractivity contribution in [1.29, 1.82) is 0 Å². The molecule has 0 unspecified atom stereocenters. The van der Waals surface area contributed by atoms with Crippen LogP contribution in [0.25, 0.3) is 0 Å². The van der Waals surface area contributed by atoms with Crippen molar-refractivity contribution >= 4 is 5.91 Å². The topological polar surface area (TPSA) is 46.9 Å². The number of hydrogen-bond acceptors (Lipinski definition) is 2. The highest BCUT2D eigenvalue weighted by molar-refractivity contribution is 5.93. The summed E-state index contributed by atoms with van der Waals surface area (Å²) in [5, 5.41) is 6.94. The highest BCUT2D eigenvalue weighted by Gasteiger charge is 2.12. The summed E-state index contributed by atoms with van der Waals surface area (Å²) in [6, 6.07) is 8.13. The Hall–Kier alpha value is -2.10. The predicted octanol–water partition coefficient (Wildman–Crippen LogP) is 2.22. The molecular formula is C14H17N3O. The lowest BCUT2D eigenvalue weighted by Gasteiger charge is -2.13. The van der Waals surface area contributed by atoms with Gasteiger partial charge in [0.25, 0.3) is 5.91 Å². The Morgan fingerprint density at radius 3 is 2.56 bits per heavy atom. The summed E-state index contributed by atoms with van der Waals surface area (Å²) < 4.78 is 1.62. The lowest BCUT2D eigenvalue weighted by Crippen LogP contribution is -2.26. The molecule has 4 heteroatoms. The summed E-state index contributed by atoms with van der Waals surface area (Å²) in [6.45, 7) is 4.02. The Morgan fingerprint density at radius 2 is 2.00 bits per heavy atom. The normalized spacial score (nSPS) is 12.2. The van der Waals surface area contributed by atoms with Gasteiger partial charge in [-0.1, -0.05) is 29.8 Å². The Balaban J connectivity index is 2.05. The Morgan fingerprint density at radius 1 is 1.33 bits per heavy atom. The van der Waals surface area contributed by atoms with Gasteiger partial charge in [-0.05, 0) is 19.4 Å². The van der Waals surface area contributed by atoms with E-state index in [4.69, 9.17) is 0 Å². The molecule has 1 amide bonds. The number of hydrogen-bond donors (Lipinski definition) is 1. The molecule has 0 radical (unpaired) electrons. The number of aryl methyl sites for hydroxylation is 2. The molecule has 0 fully saturated rings. The van der Waals surface area contributed by atoms with E-state index in [0.29, 0.717) is 5.56 Å². The van der Waals surface area contributed by atoms with Crippen molar-refractivity contribution in [1.82, 2.24) is 15.1 Å². The van der Waals surface area contributed by atoms with E-state index in [1.165, 1.54) is 5.56 Å². The highest BCUT2D eigenvalue weighted by atomic mass is 16.1. The van der Waals surface area contributed by atoms with E-state index in [2.05, 4.69) is 10.4 Å². The summed E-state index contributed by atoms with van der Waals surface area (Å²) in [4.78, 5) is 11.9. The predicted molar refractivity (Wildman–Crippen MR) is 70.3 cm³/mol. The van der Waals surface area contributed by atoms with Crippen molar-refractivity contribution in [3.63, 3.8) is 0 Å². The summed E-state index contributed by atoms with van der Waals surface area (Å²) in [5.74, 6) is -0.101. The van der Waals surface area contributed by atoms with Crippen LogP contribution in [0, 0.1) is 6.92 Å². The molecule has 1 aromatic heterocycles. The second kappa shape index (κ2) is 5.04. The molecule has 2 aromatic rings. The molecule has 0 spiro atoms. The van der Waals surface area contributed by atoms with Gasteiger partial charge in [0, 0.05) is 13.2 Å². The minimum atomic E-state index is -0.101. The molecule has 94 valence electrons. The third-order valence-corrected chi connectivity index (χ3v) is 2.89.